The van der Waals surface area contributed by atoms with Crippen LogP contribution in [0.3, 0.4) is 0 Å². The zero-order valence-corrected chi connectivity index (χ0v) is 11.3. The van der Waals surface area contributed by atoms with Crippen molar-refractivity contribution in [3.63, 3.8) is 0 Å². The normalized spacial score (nSPS) is 13.3. The minimum Gasteiger partial charge on any atom is -0.422 e. The molecule has 1 aliphatic heterocycles. The Morgan fingerprint density at radius 3 is 2.55 bits per heavy atom. The van der Waals surface area contributed by atoms with Crippen LogP contribution in [-0.4, -0.2) is 11.7 Å². The maximum absolute atomic E-state index is 12.1. The first-order valence-electron chi connectivity index (χ1n) is 6.66. The number of fused-ring (bicyclic) bond motifs is 2. The van der Waals surface area contributed by atoms with Gasteiger partial charge in [0.1, 0.15) is 5.58 Å². The van der Waals surface area contributed by atoms with Gasteiger partial charge in [0, 0.05) is 5.39 Å². The summed E-state index contributed by atoms with van der Waals surface area (Å²) in [6, 6.07) is 13.7. The molecule has 4 rings (SSSR count). The lowest BCUT2D eigenvalue weighted by Crippen LogP contribution is -2.12. The molecule has 0 atom stereocenters. The van der Waals surface area contributed by atoms with E-state index in [-0.39, 0.29) is 5.56 Å². The molecule has 0 bridgehead atoms. The number of carbonyl (C=O) groups is 2. The first-order chi connectivity index (χ1) is 10.6. The second kappa shape index (κ2) is 4.39. The van der Waals surface area contributed by atoms with Crippen molar-refractivity contribution in [1.82, 2.24) is 0 Å². The highest BCUT2D eigenvalue weighted by molar-refractivity contribution is 6.51. The van der Waals surface area contributed by atoms with Gasteiger partial charge in [0.2, 0.25) is 0 Å². The summed E-state index contributed by atoms with van der Waals surface area (Å²) >= 11 is 0. The molecule has 5 nitrogen and oxygen atoms in total. The molecule has 0 unspecified atom stereocenters. The fourth-order valence-corrected chi connectivity index (χ4v) is 2.57. The third-order valence-corrected chi connectivity index (χ3v) is 3.67. The number of para-hydroxylation sites is 1. The summed E-state index contributed by atoms with van der Waals surface area (Å²) < 4.78 is 5.29. The molecule has 0 spiro atoms. The quantitative estimate of drug-likeness (QED) is 0.552. The minimum absolute atomic E-state index is 0.273. The molecule has 1 N–H and O–H groups in total. The fourth-order valence-electron chi connectivity index (χ4n) is 2.57. The average Bonchev–Trinajstić information content (AvgIpc) is 2.81. The summed E-state index contributed by atoms with van der Waals surface area (Å²) in [6.07, 6.45) is 0. The SMILES string of the molecule is O=C1Nc2ccc(-c3cc4ccccc4oc3=O)cc2C1=O. The highest BCUT2D eigenvalue weighted by Crippen LogP contribution is 2.29. The molecule has 22 heavy (non-hydrogen) atoms. The zero-order chi connectivity index (χ0) is 15.3. The number of ketones is 1. The summed E-state index contributed by atoms with van der Waals surface area (Å²) in [5, 5.41) is 3.27. The van der Waals surface area contributed by atoms with Crippen LogP contribution < -0.4 is 10.9 Å². The van der Waals surface area contributed by atoms with Crippen LogP contribution in [0.4, 0.5) is 5.69 Å². The van der Waals surface area contributed by atoms with Crippen molar-refractivity contribution in [1.29, 1.82) is 0 Å². The van der Waals surface area contributed by atoms with Gasteiger partial charge in [-0.25, -0.2) is 4.79 Å². The predicted molar refractivity (Wildman–Crippen MR) is 80.9 cm³/mol. The Kier molecular flexibility index (Phi) is 2.50. The van der Waals surface area contributed by atoms with Crippen LogP contribution in [0, 0.1) is 0 Å². The van der Waals surface area contributed by atoms with E-state index >= 15 is 0 Å². The Balaban J connectivity index is 1.93. The first kappa shape index (κ1) is 12.5. The van der Waals surface area contributed by atoms with Crippen LogP contribution in [0.15, 0.2) is 57.7 Å². The van der Waals surface area contributed by atoms with Gasteiger partial charge in [-0.1, -0.05) is 24.3 Å². The topological polar surface area (TPSA) is 76.4 Å². The van der Waals surface area contributed by atoms with Crippen molar-refractivity contribution in [2.24, 2.45) is 0 Å². The number of anilines is 1. The van der Waals surface area contributed by atoms with Crippen LogP contribution in [-0.2, 0) is 4.79 Å². The van der Waals surface area contributed by atoms with Gasteiger partial charge in [-0.3, -0.25) is 9.59 Å². The van der Waals surface area contributed by atoms with E-state index in [2.05, 4.69) is 5.32 Å². The molecule has 1 aliphatic rings. The summed E-state index contributed by atoms with van der Waals surface area (Å²) in [5.41, 5.74) is 1.66. The fraction of sp³-hybridized carbons (Fsp3) is 0. The Hall–Kier alpha value is -3.21. The van der Waals surface area contributed by atoms with Crippen LogP contribution in [0.2, 0.25) is 0 Å². The number of hydrogen-bond acceptors (Lipinski definition) is 4. The minimum atomic E-state index is -0.655. The Morgan fingerprint density at radius 1 is 0.864 bits per heavy atom. The van der Waals surface area contributed by atoms with E-state index in [1.165, 1.54) is 6.07 Å². The lowest BCUT2D eigenvalue weighted by Gasteiger charge is -2.04. The summed E-state index contributed by atoms with van der Waals surface area (Å²) in [7, 11) is 0. The van der Waals surface area contributed by atoms with Crippen molar-refractivity contribution in [3.8, 4) is 11.1 Å². The number of rotatable bonds is 1. The molecule has 0 aliphatic carbocycles. The Bertz CT molecular complexity index is 1020. The number of benzene rings is 2. The van der Waals surface area contributed by atoms with Crippen LogP contribution in [0.25, 0.3) is 22.1 Å². The molecule has 2 heterocycles. The van der Waals surface area contributed by atoms with Gasteiger partial charge in [-0.2, -0.15) is 0 Å². The van der Waals surface area contributed by atoms with Crippen LogP contribution >= 0.6 is 0 Å². The van der Waals surface area contributed by atoms with E-state index in [0.29, 0.717) is 22.4 Å². The standard InChI is InChI=1S/C17H9NO4/c19-15-12-7-9(5-6-13(12)18-16(15)20)11-8-10-3-1-2-4-14(10)22-17(11)21/h1-8H,(H,18,19,20). The molecular weight excluding hydrogens is 282 g/mol. The number of amides is 1. The highest BCUT2D eigenvalue weighted by Gasteiger charge is 2.28. The largest absolute Gasteiger partial charge is 0.422 e. The van der Waals surface area contributed by atoms with Gasteiger partial charge in [-0.05, 0) is 29.8 Å². The highest BCUT2D eigenvalue weighted by atomic mass is 16.4. The van der Waals surface area contributed by atoms with Crippen molar-refractivity contribution < 1.29 is 14.0 Å². The molecule has 106 valence electrons. The third kappa shape index (κ3) is 1.76. The second-order valence-electron chi connectivity index (χ2n) is 5.03. The predicted octanol–water partition coefficient (Wildman–Crippen LogP) is 2.59. The number of hydrogen-bond donors (Lipinski definition) is 1. The summed E-state index contributed by atoms with van der Waals surface area (Å²) in [5.74, 6) is -1.25. The van der Waals surface area contributed by atoms with Gasteiger partial charge in [0.05, 0.1) is 16.8 Å². The third-order valence-electron chi connectivity index (χ3n) is 3.67. The van der Waals surface area contributed by atoms with E-state index in [1.54, 1.807) is 30.3 Å². The molecule has 0 fully saturated rings. The molecule has 0 saturated heterocycles. The average molecular weight is 291 g/mol. The molecule has 0 saturated carbocycles. The monoisotopic (exact) mass is 291 g/mol. The maximum atomic E-state index is 12.1. The second-order valence-corrected chi connectivity index (χ2v) is 5.03. The van der Waals surface area contributed by atoms with Gasteiger partial charge < -0.3 is 9.73 Å². The molecule has 5 heteroatoms. The van der Waals surface area contributed by atoms with E-state index in [1.807, 2.05) is 12.1 Å². The van der Waals surface area contributed by atoms with Gasteiger partial charge >= 0.3 is 5.63 Å². The van der Waals surface area contributed by atoms with Crippen molar-refractivity contribution >= 4 is 28.3 Å². The van der Waals surface area contributed by atoms with E-state index in [9.17, 15) is 14.4 Å². The van der Waals surface area contributed by atoms with E-state index in [0.717, 1.165) is 5.39 Å². The number of carbonyl (C=O) groups excluding carboxylic acids is 2. The molecule has 0 radical (unpaired) electrons. The van der Waals surface area contributed by atoms with Crippen LogP contribution in [0.1, 0.15) is 10.4 Å². The van der Waals surface area contributed by atoms with Crippen molar-refractivity contribution in [2.75, 3.05) is 5.32 Å². The summed E-state index contributed by atoms with van der Waals surface area (Å²) in [6.45, 7) is 0. The molecule has 2 aromatic carbocycles. The lowest BCUT2D eigenvalue weighted by molar-refractivity contribution is -0.112. The first-order valence-corrected chi connectivity index (χ1v) is 6.66. The lowest BCUT2D eigenvalue weighted by atomic mass is 10.0. The molecule has 1 amide bonds. The van der Waals surface area contributed by atoms with Crippen LogP contribution in [0.5, 0.6) is 0 Å². The smallest absolute Gasteiger partial charge is 0.344 e. The number of nitrogens with one attached hydrogen (secondary N) is 1. The van der Waals surface area contributed by atoms with E-state index in [4.69, 9.17) is 4.42 Å². The maximum Gasteiger partial charge on any atom is 0.344 e. The van der Waals surface area contributed by atoms with E-state index < -0.39 is 17.3 Å². The zero-order valence-electron chi connectivity index (χ0n) is 11.3. The van der Waals surface area contributed by atoms with Gasteiger partial charge in [0.15, 0.2) is 0 Å². The van der Waals surface area contributed by atoms with Crippen molar-refractivity contribution in [2.45, 2.75) is 0 Å². The molecule has 3 aromatic rings. The Labute approximate surface area is 124 Å². The molecular formula is C17H9NO4. The van der Waals surface area contributed by atoms with Gasteiger partial charge in [-0.15, -0.1) is 0 Å². The number of Topliss-reactive ketones (excluding diaryl/α,β-unsaturated/α-hetero) is 1. The Morgan fingerprint density at radius 2 is 1.68 bits per heavy atom. The van der Waals surface area contributed by atoms with Crippen molar-refractivity contribution in [3.05, 3.63) is 64.5 Å². The molecule has 1 aromatic heterocycles. The summed E-state index contributed by atoms with van der Waals surface area (Å²) in [4.78, 5) is 35.3. The van der Waals surface area contributed by atoms with Gasteiger partial charge in [0.25, 0.3) is 11.7 Å².